The molecule has 0 spiro atoms. The van der Waals surface area contributed by atoms with Crippen LogP contribution in [0.5, 0.6) is 5.75 Å². The number of rotatable bonds is 4. The zero-order valence-corrected chi connectivity index (χ0v) is 12.2. The first-order valence-electron chi connectivity index (χ1n) is 7.65. The van der Waals surface area contributed by atoms with Crippen molar-refractivity contribution in [3.8, 4) is 5.75 Å². The molecule has 2 aliphatic rings. The normalized spacial score (nSPS) is 27.4. The van der Waals surface area contributed by atoms with Gasteiger partial charge in [0, 0.05) is 18.1 Å². The monoisotopic (exact) mass is 292 g/mol. The Kier molecular flexibility index (Phi) is 4.10. The van der Waals surface area contributed by atoms with Gasteiger partial charge >= 0.3 is 0 Å². The van der Waals surface area contributed by atoms with Gasteiger partial charge in [0.2, 0.25) is 0 Å². The number of benzene rings is 1. The molecule has 2 N–H and O–H groups in total. The molecule has 1 aromatic rings. The predicted molar refractivity (Wildman–Crippen MR) is 78.0 cm³/mol. The van der Waals surface area contributed by atoms with Gasteiger partial charge in [0.1, 0.15) is 0 Å². The topological polar surface area (TPSA) is 50.4 Å². The van der Waals surface area contributed by atoms with Crippen molar-refractivity contribution in [2.75, 3.05) is 6.61 Å². The maximum atomic E-state index is 13.8. The SMILES string of the molecule is CCOc1c(F)cccc1C(=O)NC1CC2CCC(C1)N2. The molecule has 2 atom stereocenters. The van der Waals surface area contributed by atoms with Crippen molar-refractivity contribution >= 4 is 5.91 Å². The fraction of sp³-hybridized carbons (Fsp3) is 0.562. The maximum Gasteiger partial charge on any atom is 0.255 e. The van der Waals surface area contributed by atoms with Gasteiger partial charge in [0.15, 0.2) is 11.6 Å². The van der Waals surface area contributed by atoms with Crippen LogP contribution in [0.4, 0.5) is 4.39 Å². The van der Waals surface area contributed by atoms with Gasteiger partial charge in [-0.05, 0) is 44.7 Å². The molecule has 2 bridgehead atoms. The first-order chi connectivity index (χ1) is 10.2. The van der Waals surface area contributed by atoms with Gasteiger partial charge in [-0.2, -0.15) is 0 Å². The third-order valence-corrected chi connectivity index (χ3v) is 4.31. The fourth-order valence-electron chi connectivity index (χ4n) is 3.42. The molecular formula is C16H21FN2O2. The van der Waals surface area contributed by atoms with Crippen LogP contribution in [0.1, 0.15) is 43.0 Å². The molecule has 114 valence electrons. The lowest BCUT2D eigenvalue weighted by atomic mass is 9.99. The molecular weight excluding hydrogens is 271 g/mol. The fourth-order valence-corrected chi connectivity index (χ4v) is 3.42. The summed E-state index contributed by atoms with van der Waals surface area (Å²) in [7, 11) is 0. The maximum absolute atomic E-state index is 13.8. The molecule has 0 saturated carbocycles. The zero-order valence-electron chi connectivity index (χ0n) is 12.2. The summed E-state index contributed by atoms with van der Waals surface area (Å²) in [5, 5.41) is 6.57. The molecule has 3 rings (SSSR count). The number of ether oxygens (including phenoxy) is 1. The molecule has 1 amide bonds. The van der Waals surface area contributed by atoms with Gasteiger partial charge < -0.3 is 15.4 Å². The number of carbonyl (C=O) groups is 1. The highest BCUT2D eigenvalue weighted by Crippen LogP contribution is 2.28. The number of para-hydroxylation sites is 1. The van der Waals surface area contributed by atoms with Gasteiger partial charge in [-0.1, -0.05) is 6.07 Å². The van der Waals surface area contributed by atoms with E-state index in [2.05, 4.69) is 10.6 Å². The number of fused-ring (bicyclic) bond motifs is 2. The van der Waals surface area contributed by atoms with Crippen LogP contribution in [0, 0.1) is 5.82 Å². The molecule has 1 aromatic carbocycles. The Morgan fingerprint density at radius 2 is 2.10 bits per heavy atom. The van der Waals surface area contributed by atoms with Crippen LogP contribution in [0.15, 0.2) is 18.2 Å². The van der Waals surface area contributed by atoms with Gasteiger partial charge in [-0.3, -0.25) is 4.79 Å². The minimum absolute atomic E-state index is 0.0504. The van der Waals surface area contributed by atoms with E-state index in [0.717, 1.165) is 12.8 Å². The summed E-state index contributed by atoms with van der Waals surface area (Å²) < 4.78 is 19.1. The molecule has 0 aromatic heterocycles. The number of amides is 1. The van der Waals surface area contributed by atoms with Crippen LogP contribution in [0.2, 0.25) is 0 Å². The highest BCUT2D eigenvalue weighted by Gasteiger charge is 2.34. The van der Waals surface area contributed by atoms with Crippen molar-refractivity contribution in [3.63, 3.8) is 0 Å². The van der Waals surface area contributed by atoms with E-state index in [0.29, 0.717) is 18.7 Å². The number of hydrogen-bond acceptors (Lipinski definition) is 3. The van der Waals surface area contributed by atoms with E-state index in [-0.39, 0.29) is 23.3 Å². The van der Waals surface area contributed by atoms with E-state index in [1.54, 1.807) is 19.1 Å². The van der Waals surface area contributed by atoms with Crippen molar-refractivity contribution in [2.24, 2.45) is 0 Å². The summed E-state index contributed by atoms with van der Waals surface area (Å²) in [6.07, 6.45) is 4.26. The van der Waals surface area contributed by atoms with E-state index >= 15 is 0 Å². The van der Waals surface area contributed by atoms with E-state index in [1.807, 2.05) is 0 Å². The van der Waals surface area contributed by atoms with Crippen LogP contribution in [-0.4, -0.2) is 30.6 Å². The molecule has 21 heavy (non-hydrogen) atoms. The highest BCUT2D eigenvalue weighted by molar-refractivity contribution is 5.97. The molecule has 5 heteroatoms. The largest absolute Gasteiger partial charge is 0.490 e. The van der Waals surface area contributed by atoms with E-state index < -0.39 is 5.82 Å². The first kappa shape index (κ1) is 14.3. The Morgan fingerprint density at radius 3 is 2.76 bits per heavy atom. The minimum Gasteiger partial charge on any atom is -0.490 e. The molecule has 0 radical (unpaired) electrons. The van der Waals surface area contributed by atoms with Gasteiger partial charge in [-0.25, -0.2) is 4.39 Å². The second-order valence-electron chi connectivity index (χ2n) is 5.83. The van der Waals surface area contributed by atoms with E-state index in [4.69, 9.17) is 4.74 Å². The molecule has 2 aliphatic heterocycles. The summed E-state index contributed by atoms with van der Waals surface area (Å²) in [6.45, 7) is 2.11. The smallest absolute Gasteiger partial charge is 0.255 e. The average Bonchev–Trinajstić information content (AvgIpc) is 2.80. The Morgan fingerprint density at radius 1 is 1.38 bits per heavy atom. The highest BCUT2D eigenvalue weighted by atomic mass is 19.1. The second-order valence-corrected chi connectivity index (χ2v) is 5.83. The number of carbonyl (C=O) groups excluding carboxylic acids is 1. The van der Waals surface area contributed by atoms with Crippen molar-refractivity contribution in [3.05, 3.63) is 29.6 Å². The lowest BCUT2D eigenvalue weighted by Crippen LogP contribution is -2.48. The number of nitrogens with one attached hydrogen (secondary N) is 2. The molecule has 2 saturated heterocycles. The van der Waals surface area contributed by atoms with Crippen LogP contribution in [0.25, 0.3) is 0 Å². The quantitative estimate of drug-likeness (QED) is 0.895. The summed E-state index contributed by atoms with van der Waals surface area (Å²) in [6, 6.07) is 5.64. The lowest BCUT2D eigenvalue weighted by molar-refractivity contribution is 0.0919. The average molecular weight is 292 g/mol. The summed E-state index contributed by atoms with van der Waals surface area (Å²) in [5.41, 5.74) is 0.280. The summed E-state index contributed by atoms with van der Waals surface area (Å²) >= 11 is 0. The Balaban J connectivity index is 1.72. The Hall–Kier alpha value is -1.62. The van der Waals surface area contributed by atoms with Crippen LogP contribution < -0.4 is 15.4 Å². The van der Waals surface area contributed by atoms with Gasteiger partial charge in [-0.15, -0.1) is 0 Å². The molecule has 2 heterocycles. The van der Waals surface area contributed by atoms with Crippen molar-refractivity contribution in [2.45, 2.75) is 50.7 Å². The van der Waals surface area contributed by atoms with Gasteiger partial charge in [0.05, 0.1) is 12.2 Å². The molecule has 2 fully saturated rings. The van der Waals surface area contributed by atoms with Crippen molar-refractivity contribution in [1.82, 2.24) is 10.6 Å². The van der Waals surface area contributed by atoms with E-state index in [1.165, 1.54) is 18.9 Å². The molecule has 2 unspecified atom stereocenters. The Labute approximate surface area is 124 Å². The van der Waals surface area contributed by atoms with Crippen LogP contribution in [0.3, 0.4) is 0 Å². The number of hydrogen-bond donors (Lipinski definition) is 2. The molecule has 4 nitrogen and oxygen atoms in total. The third kappa shape index (κ3) is 3.02. The number of halogens is 1. The lowest BCUT2D eigenvalue weighted by Gasteiger charge is -2.29. The Bertz CT molecular complexity index is 523. The van der Waals surface area contributed by atoms with Crippen molar-refractivity contribution in [1.29, 1.82) is 0 Å². The third-order valence-electron chi connectivity index (χ3n) is 4.31. The van der Waals surface area contributed by atoms with Crippen LogP contribution in [-0.2, 0) is 0 Å². The first-order valence-corrected chi connectivity index (χ1v) is 7.65. The summed E-state index contributed by atoms with van der Waals surface area (Å²) in [4.78, 5) is 12.4. The molecule has 0 aliphatic carbocycles. The zero-order chi connectivity index (χ0) is 14.8. The second kappa shape index (κ2) is 6.02. The van der Waals surface area contributed by atoms with Gasteiger partial charge in [0.25, 0.3) is 5.91 Å². The van der Waals surface area contributed by atoms with Crippen molar-refractivity contribution < 1.29 is 13.9 Å². The number of piperidine rings is 1. The standard InChI is InChI=1S/C16H21FN2O2/c1-2-21-15-13(4-3-5-14(15)17)16(20)19-12-8-10-6-7-11(9-12)18-10/h3-5,10-12,18H,2,6-9H2,1H3,(H,19,20). The van der Waals surface area contributed by atoms with Crippen LogP contribution >= 0.6 is 0 Å². The van der Waals surface area contributed by atoms with E-state index in [9.17, 15) is 9.18 Å². The minimum atomic E-state index is -0.491. The summed E-state index contributed by atoms with van der Waals surface area (Å²) in [5.74, 6) is -0.687. The predicted octanol–water partition coefficient (Wildman–Crippen LogP) is 2.24.